The Morgan fingerprint density at radius 2 is 1.95 bits per heavy atom. The Bertz CT molecular complexity index is 685. The first-order valence-electron chi connectivity index (χ1n) is 5.65. The van der Waals surface area contributed by atoms with Crippen molar-refractivity contribution in [2.24, 2.45) is 0 Å². The summed E-state index contributed by atoms with van der Waals surface area (Å²) in [6, 6.07) is 9.89. The summed E-state index contributed by atoms with van der Waals surface area (Å²) < 4.78 is 0. The lowest BCUT2D eigenvalue weighted by Gasteiger charge is -2.17. The highest BCUT2D eigenvalue weighted by Crippen LogP contribution is 2.37. The van der Waals surface area contributed by atoms with Crippen molar-refractivity contribution in [3.05, 3.63) is 57.6 Å². The summed E-state index contributed by atoms with van der Waals surface area (Å²) in [6.07, 6.45) is 0. The van der Waals surface area contributed by atoms with Crippen LogP contribution in [0.5, 0.6) is 5.75 Å². The van der Waals surface area contributed by atoms with Gasteiger partial charge in [0, 0.05) is 16.1 Å². The quantitative estimate of drug-likeness (QED) is 0.867. The molecule has 0 aliphatic carbocycles. The first-order chi connectivity index (χ1) is 9.08. The van der Waals surface area contributed by atoms with E-state index in [9.17, 15) is 9.90 Å². The van der Waals surface area contributed by atoms with Crippen LogP contribution < -0.4 is 4.90 Å². The third-order valence-electron chi connectivity index (χ3n) is 3.14. The Balaban J connectivity index is 2.06. The normalized spacial score (nSPS) is 13.8. The van der Waals surface area contributed by atoms with Crippen LogP contribution in [0.2, 0.25) is 10.0 Å². The fraction of sp³-hybridized carbons (Fsp3) is 0.0714. The molecule has 0 fully saturated rings. The third kappa shape index (κ3) is 1.95. The van der Waals surface area contributed by atoms with E-state index in [0.29, 0.717) is 33.4 Å². The summed E-state index contributed by atoms with van der Waals surface area (Å²) in [6.45, 7) is 0.308. The maximum absolute atomic E-state index is 12.3. The van der Waals surface area contributed by atoms with E-state index in [2.05, 4.69) is 0 Å². The van der Waals surface area contributed by atoms with Gasteiger partial charge in [-0.3, -0.25) is 4.79 Å². The second kappa shape index (κ2) is 4.44. The van der Waals surface area contributed by atoms with Crippen LogP contribution >= 0.6 is 23.2 Å². The number of nitrogens with zero attached hydrogens (tertiary/aromatic N) is 1. The highest BCUT2D eigenvalue weighted by molar-refractivity contribution is 6.37. The van der Waals surface area contributed by atoms with E-state index >= 15 is 0 Å². The molecule has 0 spiro atoms. The summed E-state index contributed by atoms with van der Waals surface area (Å²) in [4.78, 5) is 13.8. The number of fused-ring (bicyclic) bond motifs is 1. The molecule has 0 bridgehead atoms. The van der Waals surface area contributed by atoms with Crippen molar-refractivity contribution in [2.45, 2.75) is 6.54 Å². The first kappa shape index (κ1) is 12.3. The molecular formula is C14H9Cl2NO2. The topological polar surface area (TPSA) is 40.5 Å². The number of hydrogen-bond acceptors (Lipinski definition) is 2. The number of phenols is 1. The first-order valence-corrected chi connectivity index (χ1v) is 6.41. The Morgan fingerprint density at radius 3 is 2.63 bits per heavy atom. The largest absolute Gasteiger partial charge is 0.508 e. The van der Waals surface area contributed by atoms with Gasteiger partial charge in [0.2, 0.25) is 0 Å². The molecule has 0 saturated carbocycles. The van der Waals surface area contributed by atoms with Crippen LogP contribution in [0.3, 0.4) is 0 Å². The van der Waals surface area contributed by atoms with Gasteiger partial charge in [0.15, 0.2) is 0 Å². The molecule has 3 rings (SSSR count). The molecular weight excluding hydrogens is 285 g/mol. The van der Waals surface area contributed by atoms with Gasteiger partial charge in [0.1, 0.15) is 5.75 Å². The molecule has 0 atom stereocenters. The standard InChI is InChI=1S/C14H9Cl2NO2/c15-8-4-5-12(11(16)6-8)17-7-10-9(14(17)19)2-1-3-13(10)18/h1-6,18H,7H2. The maximum atomic E-state index is 12.3. The summed E-state index contributed by atoms with van der Waals surface area (Å²) >= 11 is 12.0. The van der Waals surface area contributed by atoms with Crippen LogP contribution in [0.25, 0.3) is 0 Å². The molecule has 1 N–H and O–H groups in total. The van der Waals surface area contributed by atoms with Crippen molar-refractivity contribution in [1.29, 1.82) is 0 Å². The van der Waals surface area contributed by atoms with Gasteiger partial charge in [0.05, 0.1) is 17.3 Å². The van der Waals surface area contributed by atoms with Crippen molar-refractivity contribution < 1.29 is 9.90 Å². The summed E-state index contributed by atoms with van der Waals surface area (Å²) in [5, 5.41) is 10.7. The zero-order valence-corrected chi connectivity index (χ0v) is 11.2. The van der Waals surface area contributed by atoms with Crippen molar-refractivity contribution in [3.8, 4) is 5.75 Å². The number of amides is 1. The van der Waals surface area contributed by atoms with Crippen molar-refractivity contribution in [1.82, 2.24) is 0 Å². The van der Waals surface area contributed by atoms with Crippen LogP contribution in [-0.4, -0.2) is 11.0 Å². The predicted octanol–water partition coefficient (Wildman–Crippen LogP) is 3.86. The van der Waals surface area contributed by atoms with Gasteiger partial charge in [-0.15, -0.1) is 0 Å². The van der Waals surface area contributed by atoms with Crippen LogP contribution in [0, 0.1) is 0 Å². The second-order valence-electron chi connectivity index (χ2n) is 4.29. The van der Waals surface area contributed by atoms with E-state index < -0.39 is 0 Å². The number of anilines is 1. The van der Waals surface area contributed by atoms with Crippen LogP contribution in [0.15, 0.2) is 36.4 Å². The number of carbonyl (C=O) groups excluding carboxylic acids is 1. The third-order valence-corrected chi connectivity index (χ3v) is 3.68. The molecule has 2 aromatic carbocycles. The molecule has 0 saturated heterocycles. The summed E-state index contributed by atoms with van der Waals surface area (Å²) in [7, 11) is 0. The molecule has 19 heavy (non-hydrogen) atoms. The van der Waals surface area contributed by atoms with Crippen molar-refractivity contribution >= 4 is 34.8 Å². The van der Waals surface area contributed by atoms with Gasteiger partial charge in [-0.25, -0.2) is 0 Å². The zero-order valence-electron chi connectivity index (χ0n) is 9.73. The van der Waals surface area contributed by atoms with Crippen LogP contribution in [-0.2, 0) is 6.54 Å². The zero-order chi connectivity index (χ0) is 13.6. The van der Waals surface area contributed by atoms with Crippen molar-refractivity contribution in [2.75, 3.05) is 4.90 Å². The minimum atomic E-state index is -0.171. The number of hydrogen-bond donors (Lipinski definition) is 1. The minimum absolute atomic E-state index is 0.124. The molecule has 96 valence electrons. The number of rotatable bonds is 1. The molecule has 3 nitrogen and oxygen atoms in total. The van der Waals surface area contributed by atoms with E-state index in [1.54, 1.807) is 36.4 Å². The molecule has 2 aromatic rings. The number of carbonyl (C=O) groups is 1. The van der Waals surface area contributed by atoms with Gasteiger partial charge in [-0.05, 0) is 30.3 Å². The van der Waals surface area contributed by atoms with Crippen LogP contribution in [0.4, 0.5) is 5.69 Å². The molecule has 0 unspecified atom stereocenters. The number of aromatic hydroxyl groups is 1. The van der Waals surface area contributed by atoms with E-state index in [1.807, 2.05) is 0 Å². The van der Waals surface area contributed by atoms with Crippen molar-refractivity contribution in [3.63, 3.8) is 0 Å². The van der Waals surface area contributed by atoms with E-state index in [-0.39, 0.29) is 11.7 Å². The summed E-state index contributed by atoms with van der Waals surface area (Å²) in [5.74, 6) is -0.0476. The van der Waals surface area contributed by atoms with Gasteiger partial charge < -0.3 is 10.0 Å². The van der Waals surface area contributed by atoms with E-state index in [0.717, 1.165) is 0 Å². The number of phenolic OH excluding ortho intramolecular Hbond substituents is 1. The molecule has 1 aliphatic rings. The monoisotopic (exact) mass is 293 g/mol. The second-order valence-corrected chi connectivity index (χ2v) is 5.13. The molecule has 1 heterocycles. The average molecular weight is 294 g/mol. The van der Waals surface area contributed by atoms with Gasteiger partial charge >= 0.3 is 0 Å². The average Bonchev–Trinajstić information content (AvgIpc) is 2.69. The fourth-order valence-electron chi connectivity index (χ4n) is 2.21. The highest BCUT2D eigenvalue weighted by Gasteiger charge is 2.31. The lowest BCUT2D eigenvalue weighted by molar-refractivity contribution is 0.0996. The molecule has 1 aliphatic heterocycles. The predicted molar refractivity (Wildman–Crippen MR) is 75.1 cm³/mol. The SMILES string of the molecule is O=C1c2cccc(O)c2CN1c1ccc(Cl)cc1Cl. The number of benzene rings is 2. The summed E-state index contributed by atoms with van der Waals surface area (Å²) in [5.41, 5.74) is 1.72. The lowest BCUT2D eigenvalue weighted by atomic mass is 10.1. The highest BCUT2D eigenvalue weighted by atomic mass is 35.5. The Labute approximate surface area is 120 Å². The van der Waals surface area contributed by atoms with E-state index in [1.165, 1.54) is 4.90 Å². The lowest BCUT2D eigenvalue weighted by Crippen LogP contribution is -2.23. The molecule has 5 heteroatoms. The van der Waals surface area contributed by atoms with E-state index in [4.69, 9.17) is 23.2 Å². The maximum Gasteiger partial charge on any atom is 0.259 e. The molecule has 0 aromatic heterocycles. The fourth-order valence-corrected chi connectivity index (χ4v) is 2.72. The smallest absolute Gasteiger partial charge is 0.259 e. The van der Waals surface area contributed by atoms with Crippen LogP contribution in [0.1, 0.15) is 15.9 Å². The molecule has 1 amide bonds. The minimum Gasteiger partial charge on any atom is -0.508 e. The Morgan fingerprint density at radius 1 is 1.16 bits per heavy atom. The van der Waals surface area contributed by atoms with Gasteiger partial charge in [0.25, 0.3) is 5.91 Å². The number of halogens is 2. The molecule has 0 radical (unpaired) electrons. The van der Waals surface area contributed by atoms with Gasteiger partial charge in [-0.2, -0.15) is 0 Å². The Hall–Kier alpha value is -1.71. The van der Waals surface area contributed by atoms with Gasteiger partial charge in [-0.1, -0.05) is 29.3 Å². The Kier molecular flexibility index (Phi) is 2.88.